The average Bonchev–Trinajstić information content (AvgIpc) is 3.16. The van der Waals surface area contributed by atoms with Crippen molar-refractivity contribution in [2.45, 2.75) is 55.6 Å². The highest BCUT2D eigenvalue weighted by molar-refractivity contribution is 7.98. The minimum absolute atomic E-state index is 0.0752. The van der Waals surface area contributed by atoms with E-state index >= 15 is 0 Å². The molecule has 1 aliphatic rings. The summed E-state index contributed by atoms with van der Waals surface area (Å²) < 4.78 is 28.8. The van der Waals surface area contributed by atoms with Gasteiger partial charge in [-0.1, -0.05) is 42.6 Å². The largest absolute Gasteiger partial charge is 0.319 e. The Labute approximate surface area is 169 Å². The number of thioether (sulfide) groups is 1. The van der Waals surface area contributed by atoms with Crippen LogP contribution in [0.1, 0.15) is 50.5 Å². The summed E-state index contributed by atoms with van der Waals surface area (Å²) in [5.41, 5.74) is 0.414. The first-order chi connectivity index (χ1) is 13.5. The van der Waals surface area contributed by atoms with Gasteiger partial charge in [0.05, 0.1) is 16.7 Å². The van der Waals surface area contributed by atoms with Crippen LogP contribution in [0.25, 0.3) is 10.9 Å². The van der Waals surface area contributed by atoms with Gasteiger partial charge in [0, 0.05) is 23.5 Å². The van der Waals surface area contributed by atoms with Crippen LogP contribution in [0.2, 0.25) is 5.02 Å². The van der Waals surface area contributed by atoms with Gasteiger partial charge in [-0.3, -0.25) is 13.9 Å². The molecule has 5 nitrogen and oxygen atoms in total. The summed E-state index contributed by atoms with van der Waals surface area (Å²) in [4.78, 5) is 21.9. The smallest absolute Gasteiger partial charge is 0.284 e. The summed E-state index contributed by atoms with van der Waals surface area (Å²) in [6.07, 6.45) is 7.73. The van der Waals surface area contributed by atoms with Crippen molar-refractivity contribution in [2.24, 2.45) is 0 Å². The van der Waals surface area contributed by atoms with Crippen molar-refractivity contribution in [2.75, 3.05) is 0 Å². The zero-order chi connectivity index (χ0) is 19.7. The van der Waals surface area contributed by atoms with Crippen molar-refractivity contribution in [3.05, 3.63) is 51.8 Å². The van der Waals surface area contributed by atoms with E-state index in [0.717, 1.165) is 36.7 Å². The Balaban J connectivity index is 1.76. The van der Waals surface area contributed by atoms with E-state index in [-0.39, 0.29) is 23.2 Å². The van der Waals surface area contributed by atoms with E-state index in [0.29, 0.717) is 21.1 Å². The molecule has 0 unspecified atom stereocenters. The second kappa shape index (κ2) is 8.21. The molecule has 0 spiro atoms. The third-order valence-corrected chi connectivity index (χ3v) is 6.24. The van der Waals surface area contributed by atoms with Crippen molar-refractivity contribution in [1.29, 1.82) is 0 Å². The van der Waals surface area contributed by atoms with Gasteiger partial charge in [0.2, 0.25) is 0 Å². The standard InChI is InChI=1S/C19H19ClF2N4OS/c20-12-6-7-14-15(10-12)24-19(26(17(14)27)13-4-2-1-3-5-13)28-11-16-23-8-9-25(16)18(21)22/h6-10,13,18H,1-5,11H2. The summed E-state index contributed by atoms with van der Waals surface area (Å²) in [6, 6.07) is 5.12. The number of fused-ring (bicyclic) bond motifs is 1. The van der Waals surface area contributed by atoms with Crippen molar-refractivity contribution in [3.8, 4) is 0 Å². The molecule has 0 N–H and O–H groups in total. The molecule has 0 radical (unpaired) electrons. The molecule has 4 rings (SSSR count). The Morgan fingerprint density at radius 1 is 1.25 bits per heavy atom. The van der Waals surface area contributed by atoms with Crippen molar-refractivity contribution in [1.82, 2.24) is 19.1 Å². The fourth-order valence-corrected chi connectivity index (χ4v) is 4.86. The van der Waals surface area contributed by atoms with E-state index in [9.17, 15) is 13.6 Å². The number of hydrogen-bond donors (Lipinski definition) is 0. The van der Waals surface area contributed by atoms with Crippen LogP contribution < -0.4 is 5.56 Å². The Bertz CT molecular complexity index is 1050. The first-order valence-corrected chi connectivity index (χ1v) is 10.6. The molecule has 0 atom stereocenters. The number of hydrogen-bond acceptors (Lipinski definition) is 4. The molecule has 28 heavy (non-hydrogen) atoms. The lowest BCUT2D eigenvalue weighted by atomic mass is 9.95. The van der Waals surface area contributed by atoms with Crippen LogP contribution in [0.5, 0.6) is 0 Å². The Kier molecular flexibility index (Phi) is 5.68. The van der Waals surface area contributed by atoms with Crippen LogP contribution in [0.4, 0.5) is 8.78 Å². The van der Waals surface area contributed by atoms with E-state index in [1.807, 2.05) is 0 Å². The first kappa shape index (κ1) is 19.4. The highest BCUT2D eigenvalue weighted by atomic mass is 35.5. The number of aromatic nitrogens is 4. The molecule has 148 valence electrons. The number of alkyl halides is 2. The van der Waals surface area contributed by atoms with Gasteiger partial charge in [0.15, 0.2) is 5.16 Å². The van der Waals surface area contributed by atoms with Gasteiger partial charge in [-0.25, -0.2) is 9.97 Å². The molecule has 0 saturated heterocycles. The fraction of sp³-hybridized carbons (Fsp3) is 0.421. The van der Waals surface area contributed by atoms with Crippen LogP contribution in [0.15, 0.2) is 40.5 Å². The molecule has 9 heteroatoms. The molecule has 2 aromatic heterocycles. The number of imidazole rings is 1. The topological polar surface area (TPSA) is 52.7 Å². The van der Waals surface area contributed by atoms with Gasteiger partial charge < -0.3 is 0 Å². The maximum Gasteiger partial charge on any atom is 0.319 e. The molecule has 0 aliphatic heterocycles. The molecule has 2 heterocycles. The maximum absolute atomic E-state index is 13.2. The van der Waals surface area contributed by atoms with Crippen molar-refractivity contribution < 1.29 is 8.78 Å². The predicted octanol–water partition coefficient (Wildman–Crippen LogP) is 5.44. The monoisotopic (exact) mass is 424 g/mol. The zero-order valence-electron chi connectivity index (χ0n) is 15.0. The predicted molar refractivity (Wildman–Crippen MR) is 106 cm³/mol. The third-order valence-electron chi connectivity index (χ3n) is 5.06. The quantitative estimate of drug-likeness (QED) is 0.404. The van der Waals surface area contributed by atoms with Crippen molar-refractivity contribution in [3.63, 3.8) is 0 Å². The van der Waals surface area contributed by atoms with Gasteiger partial charge in [-0.05, 0) is 31.0 Å². The molecular formula is C19H19ClF2N4OS. The highest BCUT2D eigenvalue weighted by Crippen LogP contribution is 2.32. The number of nitrogens with zero attached hydrogens (tertiary/aromatic N) is 4. The lowest BCUT2D eigenvalue weighted by Crippen LogP contribution is -2.29. The van der Waals surface area contributed by atoms with Gasteiger partial charge in [0.25, 0.3) is 5.56 Å². The summed E-state index contributed by atoms with van der Waals surface area (Å²) in [7, 11) is 0. The number of rotatable bonds is 5. The first-order valence-electron chi connectivity index (χ1n) is 9.19. The maximum atomic E-state index is 13.2. The Hall–Kier alpha value is -1.93. The van der Waals surface area contributed by atoms with Crippen LogP contribution in [0.3, 0.4) is 0 Å². The van der Waals surface area contributed by atoms with Crippen LogP contribution >= 0.6 is 23.4 Å². The second-order valence-corrected chi connectivity index (χ2v) is 8.22. The van der Waals surface area contributed by atoms with Crippen molar-refractivity contribution >= 4 is 34.3 Å². The number of benzene rings is 1. The molecule has 0 bridgehead atoms. The zero-order valence-corrected chi connectivity index (χ0v) is 16.6. The lowest BCUT2D eigenvalue weighted by Gasteiger charge is -2.26. The van der Waals surface area contributed by atoms with E-state index in [2.05, 4.69) is 9.97 Å². The summed E-state index contributed by atoms with van der Waals surface area (Å²) in [5.74, 6) is 0.443. The van der Waals surface area contributed by atoms with Gasteiger partial charge >= 0.3 is 6.55 Å². The summed E-state index contributed by atoms with van der Waals surface area (Å²) in [5, 5.41) is 1.54. The molecule has 1 aromatic carbocycles. The SMILES string of the molecule is O=c1c2ccc(Cl)cc2nc(SCc2nccn2C(F)F)n1C1CCCCC1. The third kappa shape index (κ3) is 3.80. The van der Waals surface area contributed by atoms with Crippen LogP contribution in [-0.2, 0) is 5.75 Å². The minimum atomic E-state index is -2.65. The number of halogens is 3. The van der Waals surface area contributed by atoms with E-state index in [4.69, 9.17) is 11.6 Å². The molecule has 0 amide bonds. The van der Waals surface area contributed by atoms with Gasteiger partial charge in [-0.2, -0.15) is 8.78 Å². The van der Waals surface area contributed by atoms with Crippen LogP contribution in [0, 0.1) is 0 Å². The van der Waals surface area contributed by atoms with E-state index in [1.54, 1.807) is 22.8 Å². The molecule has 1 fully saturated rings. The van der Waals surface area contributed by atoms with E-state index < -0.39 is 6.55 Å². The average molecular weight is 425 g/mol. The summed E-state index contributed by atoms with van der Waals surface area (Å²) in [6.45, 7) is -2.65. The molecule has 1 aliphatic carbocycles. The fourth-order valence-electron chi connectivity index (χ4n) is 3.68. The molecule has 3 aromatic rings. The minimum Gasteiger partial charge on any atom is -0.284 e. The van der Waals surface area contributed by atoms with Gasteiger partial charge in [-0.15, -0.1) is 0 Å². The molecular weight excluding hydrogens is 406 g/mol. The summed E-state index contributed by atoms with van der Waals surface area (Å²) >= 11 is 7.33. The van der Waals surface area contributed by atoms with Crippen LogP contribution in [-0.4, -0.2) is 19.1 Å². The van der Waals surface area contributed by atoms with Gasteiger partial charge in [0.1, 0.15) is 5.82 Å². The Morgan fingerprint density at radius 3 is 2.79 bits per heavy atom. The lowest BCUT2D eigenvalue weighted by molar-refractivity contribution is 0.0678. The second-order valence-electron chi connectivity index (χ2n) is 6.84. The normalized spacial score (nSPS) is 15.6. The molecule has 1 saturated carbocycles. The highest BCUT2D eigenvalue weighted by Gasteiger charge is 2.22. The van der Waals surface area contributed by atoms with E-state index in [1.165, 1.54) is 24.2 Å². The Morgan fingerprint density at radius 2 is 2.04 bits per heavy atom.